The van der Waals surface area contributed by atoms with Crippen LogP contribution in [0.1, 0.15) is 25.0 Å². The molecule has 28 heavy (non-hydrogen) atoms. The minimum Gasteiger partial charge on any atom is -0.457 e. The Morgan fingerprint density at radius 2 is 1.29 bits per heavy atom. The third-order valence-corrected chi connectivity index (χ3v) is 3.90. The van der Waals surface area contributed by atoms with Gasteiger partial charge < -0.3 is 4.74 Å². The molecule has 0 aliphatic carbocycles. The van der Waals surface area contributed by atoms with Crippen LogP contribution in [0, 0.1) is 11.8 Å². The third-order valence-electron chi connectivity index (χ3n) is 3.90. The minimum atomic E-state index is -0.345. The maximum absolute atomic E-state index is 11.7. The standard InChI is InChI=1S/C24H19NO3/c1-18(26)25(19(2)27)22-11-7-13-24(17-22)28-23-12-6-10-21(16-23)15-14-20-8-4-3-5-9-20/h3-13,16-17H,1-2H3. The molecule has 0 bridgehead atoms. The lowest BCUT2D eigenvalue weighted by atomic mass is 10.2. The van der Waals surface area contributed by atoms with Crippen molar-refractivity contribution in [2.24, 2.45) is 0 Å². The molecule has 0 spiro atoms. The highest BCUT2D eigenvalue weighted by atomic mass is 16.5. The highest BCUT2D eigenvalue weighted by Crippen LogP contribution is 2.26. The first-order valence-corrected chi connectivity index (χ1v) is 8.79. The van der Waals surface area contributed by atoms with Crippen LogP contribution >= 0.6 is 0 Å². The third kappa shape index (κ3) is 4.87. The van der Waals surface area contributed by atoms with E-state index in [-0.39, 0.29) is 11.8 Å². The van der Waals surface area contributed by atoms with Crippen LogP contribution < -0.4 is 9.64 Å². The van der Waals surface area contributed by atoms with E-state index < -0.39 is 0 Å². The van der Waals surface area contributed by atoms with Gasteiger partial charge in [-0.05, 0) is 42.5 Å². The first-order chi connectivity index (χ1) is 13.5. The molecule has 0 atom stereocenters. The molecular weight excluding hydrogens is 350 g/mol. The molecule has 4 heteroatoms. The molecule has 0 saturated carbocycles. The molecule has 4 nitrogen and oxygen atoms in total. The van der Waals surface area contributed by atoms with Crippen molar-refractivity contribution >= 4 is 17.5 Å². The fraction of sp³-hybridized carbons (Fsp3) is 0.0833. The Labute approximate surface area is 164 Å². The molecule has 138 valence electrons. The molecule has 2 amide bonds. The topological polar surface area (TPSA) is 46.6 Å². The minimum absolute atomic E-state index is 0.345. The molecule has 0 radical (unpaired) electrons. The van der Waals surface area contributed by atoms with Crippen LogP contribution in [0.15, 0.2) is 78.9 Å². The van der Waals surface area contributed by atoms with E-state index in [2.05, 4.69) is 11.8 Å². The Morgan fingerprint density at radius 1 is 0.714 bits per heavy atom. The average molecular weight is 369 g/mol. The van der Waals surface area contributed by atoms with Crippen molar-refractivity contribution < 1.29 is 14.3 Å². The summed E-state index contributed by atoms with van der Waals surface area (Å²) in [6, 6.07) is 24.1. The number of anilines is 1. The molecule has 0 aliphatic heterocycles. The smallest absolute Gasteiger partial charge is 0.230 e. The van der Waals surface area contributed by atoms with Crippen LogP contribution in [0.4, 0.5) is 5.69 Å². The number of hydrogen-bond donors (Lipinski definition) is 0. The summed E-state index contributed by atoms with van der Waals surface area (Å²) in [5, 5.41) is 0. The molecule has 0 fully saturated rings. The van der Waals surface area contributed by atoms with Gasteiger partial charge in [-0.1, -0.05) is 42.2 Å². The van der Waals surface area contributed by atoms with E-state index in [1.54, 1.807) is 24.3 Å². The normalized spacial score (nSPS) is 9.79. The van der Waals surface area contributed by atoms with Gasteiger partial charge in [-0.3, -0.25) is 14.5 Å². The van der Waals surface area contributed by atoms with Gasteiger partial charge in [0.05, 0.1) is 5.69 Å². The lowest BCUT2D eigenvalue weighted by Gasteiger charge is -2.18. The van der Waals surface area contributed by atoms with Crippen LogP contribution in [0.2, 0.25) is 0 Å². The van der Waals surface area contributed by atoms with E-state index in [0.717, 1.165) is 16.0 Å². The highest BCUT2D eigenvalue weighted by Gasteiger charge is 2.16. The monoisotopic (exact) mass is 369 g/mol. The average Bonchev–Trinajstić information content (AvgIpc) is 2.67. The summed E-state index contributed by atoms with van der Waals surface area (Å²) < 4.78 is 5.90. The van der Waals surface area contributed by atoms with Crippen molar-refractivity contribution in [1.29, 1.82) is 0 Å². The predicted molar refractivity (Wildman–Crippen MR) is 109 cm³/mol. The molecule has 3 aromatic rings. The van der Waals surface area contributed by atoms with Gasteiger partial charge in [-0.15, -0.1) is 0 Å². The molecule has 0 unspecified atom stereocenters. The van der Waals surface area contributed by atoms with Gasteiger partial charge in [0, 0.05) is 31.0 Å². The number of nitrogens with zero attached hydrogens (tertiary/aromatic N) is 1. The van der Waals surface area contributed by atoms with Crippen LogP contribution in [-0.2, 0) is 9.59 Å². The lowest BCUT2D eigenvalue weighted by molar-refractivity contribution is -0.124. The largest absolute Gasteiger partial charge is 0.457 e. The maximum atomic E-state index is 11.7. The van der Waals surface area contributed by atoms with Gasteiger partial charge >= 0.3 is 0 Å². The summed E-state index contributed by atoms with van der Waals surface area (Å²) in [5.74, 6) is 6.69. The number of ether oxygens (including phenoxy) is 1. The SMILES string of the molecule is CC(=O)N(C(C)=O)c1cccc(Oc2cccc(C#Cc3ccccc3)c2)c1. The Balaban J connectivity index is 1.81. The van der Waals surface area contributed by atoms with Gasteiger partial charge in [0.15, 0.2) is 0 Å². The van der Waals surface area contributed by atoms with E-state index in [1.165, 1.54) is 13.8 Å². The molecule has 0 N–H and O–H groups in total. The van der Waals surface area contributed by atoms with Crippen molar-refractivity contribution in [2.45, 2.75) is 13.8 Å². The zero-order chi connectivity index (χ0) is 19.9. The van der Waals surface area contributed by atoms with Crippen LogP contribution in [-0.4, -0.2) is 11.8 Å². The van der Waals surface area contributed by atoms with Crippen molar-refractivity contribution in [3.05, 3.63) is 90.0 Å². The maximum Gasteiger partial charge on any atom is 0.230 e. The van der Waals surface area contributed by atoms with Gasteiger partial charge in [-0.2, -0.15) is 0 Å². The summed E-state index contributed by atoms with van der Waals surface area (Å²) in [6.07, 6.45) is 0. The van der Waals surface area contributed by atoms with E-state index >= 15 is 0 Å². The Hall–Kier alpha value is -3.84. The fourth-order valence-corrected chi connectivity index (χ4v) is 2.71. The molecule has 0 aliphatic rings. The molecule has 0 heterocycles. The summed E-state index contributed by atoms with van der Waals surface area (Å²) in [4.78, 5) is 24.6. The van der Waals surface area contributed by atoms with Crippen molar-refractivity contribution in [3.63, 3.8) is 0 Å². The first kappa shape index (κ1) is 18.9. The number of carbonyl (C=O) groups excluding carboxylic acids is 2. The van der Waals surface area contributed by atoms with E-state index in [9.17, 15) is 9.59 Å². The fourth-order valence-electron chi connectivity index (χ4n) is 2.71. The van der Waals surface area contributed by atoms with Gasteiger partial charge in [0.25, 0.3) is 0 Å². The summed E-state index contributed by atoms with van der Waals surface area (Å²) in [5.41, 5.74) is 2.24. The highest BCUT2D eigenvalue weighted by molar-refractivity contribution is 6.13. The van der Waals surface area contributed by atoms with E-state index in [4.69, 9.17) is 4.74 Å². The van der Waals surface area contributed by atoms with Gasteiger partial charge in [0.2, 0.25) is 11.8 Å². The quantitative estimate of drug-likeness (QED) is 0.624. The lowest BCUT2D eigenvalue weighted by Crippen LogP contribution is -2.32. The van der Waals surface area contributed by atoms with Gasteiger partial charge in [0.1, 0.15) is 11.5 Å². The van der Waals surface area contributed by atoms with Crippen molar-refractivity contribution in [2.75, 3.05) is 4.90 Å². The second-order valence-electron chi connectivity index (χ2n) is 6.12. The van der Waals surface area contributed by atoms with Crippen molar-refractivity contribution in [1.82, 2.24) is 0 Å². The Kier molecular flexibility index (Phi) is 5.88. The second kappa shape index (κ2) is 8.70. The predicted octanol–water partition coefficient (Wildman–Crippen LogP) is 4.78. The number of imide groups is 1. The van der Waals surface area contributed by atoms with Crippen LogP contribution in [0.3, 0.4) is 0 Å². The molecule has 0 aromatic heterocycles. The zero-order valence-corrected chi connectivity index (χ0v) is 15.7. The molecular formula is C24H19NO3. The Bertz CT molecular complexity index is 1050. The van der Waals surface area contributed by atoms with Gasteiger partial charge in [-0.25, -0.2) is 0 Å². The van der Waals surface area contributed by atoms with E-state index in [1.807, 2.05) is 54.6 Å². The van der Waals surface area contributed by atoms with Crippen LogP contribution in [0.5, 0.6) is 11.5 Å². The molecule has 3 aromatic carbocycles. The van der Waals surface area contributed by atoms with Crippen LogP contribution in [0.25, 0.3) is 0 Å². The number of rotatable bonds is 3. The van der Waals surface area contributed by atoms with E-state index in [0.29, 0.717) is 17.2 Å². The number of benzene rings is 3. The summed E-state index contributed by atoms with van der Waals surface area (Å²) >= 11 is 0. The summed E-state index contributed by atoms with van der Waals surface area (Å²) in [7, 11) is 0. The molecule has 0 saturated heterocycles. The molecule has 3 rings (SSSR count). The Morgan fingerprint density at radius 3 is 1.96 bits per heavy atom. The number of hydrogen-bond acceptors (Lipinski definition) is 3. The van der Waals surface area contributed by atoms with Crippen molar-refractivity contribution in [3.8, 4) is 23.3 Å². The second-order valence-corrected chi connectivity index (χ2v) is 6.12. The number of carbonyl (C=O) groups is 2. The first-order valence-electron chi connectivity index (χ1n) is 8.79. The zero-order valence-electron chi connectivity index (χ0n) is 15.7. The number of amides is 2. The summed E-state index contributed by atoms with van der Waals surface area (Å²) in [6.45, 7) is 2.70.